The van der Waals surface area contributed by atoms with Crippen LogP contribution in [0.3, 0.4) is 0 Å². The van der Waals surface area contributed by atoms with Gasteiger partial charge >= 0.3 is 0 Å². The number of alkyl halides is 10. The lowest BCUT2D eigenvalue weighted by molar-refractivity contribution is 0.0205. The second-order valence-corrected chi connectivity index (χ2v) is 19.0. The van der Waals surface area contributed by atoms with Gasteiger partial charge in [0.15, 0.2) is 0 Å². The second-order valence-electron chi connectivity index (χ2n) is 12.3. The molecule has 11 heteroatoms. The topological polar surface area (TPSA) is 9.23 Å². The first-order valence-corrected chi connectivity index (χ1v) is 20.7. The monoisotopic (exact) mass is 846 g/mol. The van der Waals surface area contributed by atoms with E-state index >= 15 is 0 Å². The van der Waals surface area contributed by atoms with E-state index in [1.54, 1.807) is 0 Å². The smallest absolute Gasteiger partial charge is 0.236 e. The summed E-state index contributed by atoms with van der Waals surface area (Å²) in [6, 6.07) is 19.6. The van der Waals surface area contributed by atoms with Crippen LogP contribution in [0.5, 0.6) is 0 Å². The van der Waals surface area contributed by atoms with Crippen molar-refractivity contribution in [2.75, 3.05) is 0 Å². The minimum Gasteiger partial charge on any atom is -0.307 e. The second kappa shape index (κ2) is 23.1. The van der Waals surface area contributed by atoms with Crippen molar-refractivity contribution in [1.82, 2.24) is 0 Å². The van der Waals surface area contributed by atoms with Crippen LogP contribution in [0.1, 0.15) is 127 Å². The molecule has 0 radical (unpaired) electrons. The summed E-state index contributed by atoms with van der Waals surface area (Å²) in [5, 5.41) is -1.39. The van der Waals surface area contributed by atoms with Gasteiger partial charge in [-0.25, -0.2) is 0 Å². The molecule has 2 atom stereocenters. The molecule has 2 rings (SSSR count). The minimum absolute atomic E-state index is 0.562. The lowest BCUT2D eigenvalue weighted by Gasteiger charge is -2.34. The Kier molecular flexibility index (Phi) is 21.8. The lowest BCUT2D eigenvalue weighted by Crippen LogP contribution is -2.41. The Hall–Kier alpha value is 1.30. The Morgan fingerprint density at radius 1 is 0.404 bits per heavy atom. The number of halogens is 10. The van der Waals surface area contributed by atoms with Crippen LogP contribution in [0.4, 0.5) is 0 Å². The highest BCUT2D eigenvalue weighted by atomic mass is 35.5. The van der Waals surface area contributed by atoms with Crippen molar-refractivity contribution in [2.45, 2.75) is 144 Å². The molecule has 0 bridgehead atoms. The van der Waals surface area contributed by atoms with Gasteiger partial charge in [-0.05, 0) is 36.8 Å². The minimum atomic E-state index is -1.77. The summed E-state index contributed by atoms with van der Waals surface area (Å²) in [4.78, 5) is 0. The molecule has 0 spiro atoms. The van der Waals surface area contributed by atoms with Crippen LogP contribution in [0, 0.1) is 0 Å². The van der Waals surface area contributed by atoms with Crippen LogP contribution < -0.4 is 0 Å². The Morgan fingerprint density at radius 2 is 0.681 bits per heavy atom. The van der Waals surface area contributed by atoms with Crippen LogP contribution >= 0.6 is 116 Å². The van der Waals surface area contributed by atoms with Gasteiger partial charge in [0.05, 0.1) is 10.8 Å². The van der Waals surface area contributed by atoms with E-state index in [-0.39, 0.29) is 0 Å². The average molecular weight is 851 g/mol. The Balaban J connectivity index is 1.51. The van der Waals surface area contributed by atoms with Crippen molar-refractivity contribution in [2.24, 2.45) is 0 Å². The summed E-state index contributed by atoms with van der Waals surface area (Å²) in [7, 11) is 0. The number of rotatable bonds is 26. The summed E-state index contributed by atoms with van der Waals surface area (Å²) in [5.41, 5.74) is 1.89. The Labute approximate surface area is 333 Å². The molecular weight excluding hydrogens is 803 g/mol. The average Bonchev–Trinajstić information content (AvgIpc) is 3.03. The molecule has 2 unspecified atom stereocenters. The summed E-state index contributed by atoms with van der Waals surface area (Å²) >= 11 is 65.0. The molecule has 0 N–H and O–H groups in total. The highest BCUT2D eigenvalue weighted by Crippen LogP contribution is 2.45. The summed E-state index contributed by atoms with van der Waals surface area (Å²) < 4.78 is 0.459. The summed E-state index contributed by atoms with van der Waals surface area (Å²) in [5.74, 6) is 0. The van der Waals surface area contributed by atoms with Gasteiger partial charge in [0.2, 0.25) is 9.04 Å². The molecule has 2 aromatic rings. The van der Waals surface area contributed by atoms with Crippen molar-refractivity contribution in [3.05, 3.63) is 71.8 Å². The first-order valence-electron chi connectivity index (χ1n) is 16.8. The fourth-order valence-electron chi connectivity index (χ4n) is 5.41. The predicted molar refractivity (Wildman–Crippen MR) is 212 cm³/mol. The zero-order chi connectivity index (χ0) is 34.8. The van der Waals surface area contributed by atoms with Crippen LogP contribution in [0.2, 0.25) is 0 Å². The maximum absolute atomic E-state index is 6.53. The summed E-state index contributed by atoms with van der Waals surface area (Å²) in [6.07, 6.45) is 17.1. The lowest BCUT2D eigenvalue weighted by atomic mass is 10.0. The van der Waals surface area contributed by atoms with E-state index in [1.807, 2.05) is 60.7 Å². The van der Waals surface area contributed by atoms with Crippen molar-refractivity contribution in [3.63, 3.8) is 0 Å². The van der Waals surface area contributed by atoms with Gasteiger partial charge in [-0.3, -0.25) is 0 Å². The molecule has 0 saturated carbocycles. The van der Waals surface area contributed by atoms with Crippen molar-refractivity contribution < 1.29 is 4.74 Å². The van der Waals surface area contributed by atoms with Gasteiger partial charge in [0.25, 0.3) is 0 Å². The Morgan fingerprint density at radius 3 is 1.00 bits per heavy atom. The van der Waals surface area contributed by atoms with E-state index in [2.05, 4.69) is 0 Å². The van der Waals surface area contributed by atoms with Crippen LogP contribution in [-0.4, -0.2) is 19.8 Å². The van der Waals surface area contributed by atoms with E-state index in [9.17, 15) is 0 Å². The molecule has 47 heavy (non-hydrogen) atoms. The first kappa shape index (κ1) is 44.5. The molecule has 0 aliphatic rings. The van der Waals surface area contributed by atoms with Crippen LogP contribution in [0.25, 0.3) is 0 Å². The molecule has 1 nitrogen and oxygen atoms in total. The van der Waals surface area contributed by atoms with Crippen molar-refractivity contribution >= 4 is 116 Å². The molecule has 0 aromatic heterocycles. The maximum Gasteiger partial charge on any atom is 0.236 e. The van der Waals surface area contributed by atoms with E-state index in [0.29, 0.717) is 12.8 Å². The molecule has 0 heterocycles. The number of unbranched alkanes of at least 4 members (excludes halogenated alkanes) is 12. The van der Waals surface area contributed by atoms with Crippen LogP contribution in [-0.2, 0) is 13.4 Å². The highest BCUT2D eigenvalue weighted by molar-refractivity contribution is 6.54. The fourth-order valence-corrected chi connectivity index (χ4v) is 7.92. The van der Waals surface area contributed by atoms with Crippen molar-refractivity contribution in [3.8, 4) is 0 Å². The molecule has 0 saturated heterocycles. The molecule has 268 valence electrons. The van der Waals surface area contributed by atoms with Gasteiger partial charge in [0.1, 0.15) is 8.67 Å². The number of benzene rings is 2. The molecule has 0 fully saturated rings. The third-order valence-electron chi connectivity index (χ3n) is 8.29. The van der Waals surface area contributed by atoms with Gasteiger partial charge in [-0.1, -0.05) is 243 Å². The maximum atomic E-state index is 6.53. The molecule has 0 aliphatic carbocycles. The molecule has 0 amide bonds. The van der Waals surface area contributed by atoms with E-state index in [4.69, 9.17) is 121 Å². The van der Waals surface area contributed by atoms with Crippen molar-refractivity contribution in [1.29, 1.82) is 0 Å². The predicted octanol–water partition coefficient (Wildman–Crippen LogP) is 16.2. The fraction of sp³-hybridized carbons (Fsp3) is 0.667. The quantitative estimate of drug-likeness (QED) is 0.0677. The summed E-state index contributed by atoms with van der Waals surface area (Å²) in [6.45, 7) is 0. The van der Waals surface area contributed by atoms with E-state index in [0.717, 1.165) is 114 Å². The molecule has 2 aromatic carbocycles. The highest BCUT2D eigenvalue weighted by Gasteiger charge is 2.46. The van der Waals surface area contributed by atoms with Gasteiger partial charge in [-0.15, -0.1) is 23.2 Å². The zero-order valence-electron chi connectivity index (χ0n) is 26.8. The van der Waals surface area contributed by atoms with E-state index in [1.165, 1.54) is 0 Å². The molecular formula is C36H48Cl10O. The van der Waals surface area contributed by atoms with Crippen LogP contribution in [0.15, 0.2) is 60.7 Å². The zero-order valence-corrected chi connectivity index (χ0v) is 34.4. The SMILES string of the molecule is ClC(CCCCCCCCCC(Cl)(Cl)c1ccccc1)C(Cl)(Cl)OC(Cl)(Cl)C(Cl)CCCCCCCCCC(Cl)(Cl)c1ccccc1. The van der Waals surface area contributed by atoms with Gasteiger partial charge < -0.3 is 4.74 Å². The van der Waals surface area contributed by atoms with Gasteiger partial charge in [-0.2, -0.15) is 0 Å². The first-order chi connectivity index (χ1) is 22.2. The third kappa shape index (κ3) is 18.1. The number of hydrogen-bond donors (Lipinski definition) is 0. The largest absolute Gasteiger partial charge is 0.307 e. The Bertz CT molecular complexity index is 996. The van der Waals surface area contributed by atoms with E-state index < -0.39 is 28.5 Å². The normalized spacial score (nSPS) is 14.3. The number of ether oxygens (including phenoxy) is 1. The standard InChI is InChI=1S/C36H48Cl10O/c37-31(25-17-7-3-1-5-9-19-27-33(39,40)29-21-13-11-14-22-29)35(43,44)47-36(45,46)32(38)26-18-8-4-2-6-10-20-28-34(41,42)30-23-15-12-16-24-30/h11-16,21-24,31-32H,1-10,17-20,25-28H2. The molecule has 0 aliphatic heterocycles. The number of hydrogen-bond acceptors (Lipinski definition) is 1. The van der Waals surface area contributed by atoms with Gasteiger partial charge in [0, 0.05) is 0 Å². The third-order valence-corrected chi connectivity index (χ3v) is 12.8.